The van der Waals surface area contributed by atoms with Crippen LogP contribution in [0.15, 0.2) is 29.2 Å². The van der Waals surface area contributed by atoms with Crippen molar-refractivity contribution < 1.29 is 13.2 Å². The van der Waals surface area contributed by atoms with Gasteiger partial charge in [-0.1, -0.05) is 51.9 Å². The third-order valence-electron chi connectivity index (χ3n) is 4.88. The van der Waals surface area contributed by atoms with Crippen molar-refractivity contribution in [2.45, 2.75) is 88.5 Å². The van der Waals surface area contributed by atoms with Crippen molar-refractivity contribution in [1.82, 2.24) is 4.72 Å². The second-order valence-electron chi connectivity index (χ2n) is 7.19. The highest BCUT2D eigenvalue weighted by molar-refractivity contribution is 7.89. The summed E-state index contributed by atoms with van der Waals surface area (Å²) >= 11 is 0. The molecule has 0 aliphatic heterocycles. The van der Waals surface area contributed by atoms with Crippen LogP contribution >= 0.6 is 0 Å². The number of benzene rings is 1. The van der Waals surface area contributed by atoms with Crippen LogP contribution in [-0.4, -0.2) is 20.4 Å². The molecule has 5 nitrogen and oxygen atoms in total. The minimum absolute atomic E-state index is 0.0163. The molecule has 2 rings (SSSR count). The van der Waals surface area contributed by atoms with E-state index >= 15 is 0 Å². The van der Waals surface area contributed by atoms with E-state index in [1.807, 2.05) is 0 Å². The number of carbonyl (C=O) groups excluding carboxylic acids is 1. The van der Waals surface area contributed by atoms with Crippen LogP contribution in [0.5, 0.6) is 0 Å². The molecule has 0 spiro atoms. The van der Waals surface area contributed by atoms with E-state index in [2.05, 4.69) is 17.0 Å². The van der Waals surface area contributed by atoms with Gasteiger partial charge < -0.3 is 5.32 Å². The molecule has 2 N–H and O–H groups in total. The second-order valence-corrected chi connectivity index (χ2v) is 8.91. The summed E-state index contributed by atoms with van der Waals surface area (Å²) in [4.78, 5) is 12.2. The zero-order chi connectivity index (χ0) is 18.8. The fourth-order valence-corrected chi connectivity index (χ4v) is 4.64. The molecule has 26 heavy (non-hydrogen) atoms. The SMILES string of the molecule is CCCCCCCC(=O)Nc1ccc(S(=O)(=O)NC2CCCCC2)cc1. The first-order chi connectivity index (χ1) is 12.5. The summed E-state index contributed by atoms with van der Waals surface area (Å²) in [6.07, 6.45) is 11.2. The lowest BCUT2D eigenvalue weighted by molar-refractivity contribution is -0.116. The standard InChI is InChI=1S/C20H32N2O3S/c1-2-3-4-5-9-12-20(23)21-17-13-15-19(16-14-17)26(24,25)22-18-10-7-6-8-11-18/h13-16,18,22H,2-12H2,1H3,(H,21,23). The maximum absolute atomic E-state index is 12.5. The molecule has 146 valence electrons. The fraction of sp³-hybridized carbons (Fsp3) is 0.650. The van der Waals surface area contributed by atoms with Gasteiger partial charge in [0.15, 0.2) is 0 Å². The zero-order valence-corrected chi connectivity index (χ0v) is 16.6. The monoisotopic (exact) mass is 380 g/mol. The molecule has 1 aromatic carbocycles. The Balaban J connectivity index is 1.82. The summed E-state index contributed by atoms with van der Waals surface area (Å²) in [5.74, 6) is -0.0163. The summed E-state index contributed by atoms with van der Waals surface area (Å²) in [5.41, 5.74) is 0.639. The molecule has 0 radical (unpaired) electrons. The van der Waals surface area contributed by atoms with E-state index < -0.39 is 10.0 Å². The van der Waals surface area contributed by atoms with Crippen LogP contribution in [0, 0.1) is 0 Å². The Morgan fingerprint density at radius 2 is 1.65 bits per heavy atom. The molecular formula is C20H32N2O3S. The normalized spacial score (nSPS) is 15.7. The molecule has 1 saturated carbocycles. The highest BCUT2D eigenvalue weighted by Gasteiger charge is 2.21. The van der Waals surface area contributed by atoms with Crippen molar-refractivity contribution in [2.24, 2.45) is 0 Å². The minimum atomic E-state index is -3.49. The predicted octanol–water partition coefficient (Wildman–Crippen LogP) is 4.60. The second kappa shape index (κ2) is 10.7. The molecular weight excluding hydrogens is 348 g/mol. The number of nitrogens with one attached hydrogen (secondary N) is 2. The smallest absolute Gasteiger partial charge is 0.240 e. The van der Waals surface area contributed by atoms with Crippen LogP contribution < -0.4 is 10.0 Å². The number of amides is 1. The van der Waals surface area contributed by atoms with Gasteiger partial charge in [-0.25, -0.2) is 13.1 Å². The number of rotatable bonds is 10. The lowest BCUT2D eigenvalue weighted by atomic mass is 9.96. The Labute approximate surface area is 158 Å². The predicted molar refractivity (Wildman–Crippen MR) is 106 cm³/mol. The molecule has 1 aromatic rings. The van der Waals surface area contributed by atoms with E-state index in [0.717, 1.165) is 38.5 Å². The van der Waals surface area contributed by atoms with E-state index in [-0.39, 0.29) is 16.8 Å². The molecule has 1 fully saturated rings. The molecule has 1 aliphatic carbocycles. The Morgan fingerprint density at radius 1 is 1.00 bits per heavy atom. The van der Waals surface area contributed by atoms with Crippen molar-refractivity contribution in [3.8, 4) is 0 Å². The first-order valence-electron chi connectivity index (χ1n) is 9.93. The highest BCUT2D eigenvalue weighted by Crippen LogP contribution is 2.21. The highest BCUT2D eigenvalue weighted by atomic mass is 32.2. The Morgan fingerprint density at radius 3 is 2.31 bits per heavy atom. The minimum Gasteiger partial charge on any atom is -0.326 e. The van der Waals surface area contributed by atoms with Gasteiger partial charge in [0.05, 0.1) is 4.90 Å². The van der Waals surface area contributed by atoms with Gasteiger partial charge in [0.1, 0.15) is 0 Å². The maximum Gasteiger partial charge on any atom is 0.240 e. The van der Waals surface area contributed by atoms with Gasteiger partial charge in [-0.15, -0.1) is 0 Å². The van der Waals surface area contributed by atoms with Crippen LogP contribution in [0.4, 0.5) is 5.69 Å². The van der Waals surface area contributed by atoms with Gasteiger partial charge in [-0.05, 0) is 43.5 Å². The van der Waals surface area contributed by atoms with Crippen LogP contribution in [0.1, 0.15) is 77.6 Å². The van der Waals surface area contributed by atoms with Gasteiger partial charge in [0.2, 0.25) is 15.9 Å². The lowest BCUT2D eigenvalue weighted by Crippen LogP contribution is -2.36. The quantitative estimate of drug-likeness (QED) is 0.583. The molecule has 6 heteroatoms. The maximum atomic E-state index is 12.5. The molecule has 0 unspecified atom stereocenters. The van der Waals surface area contributed by atoms with Crippen LogP contribution in [-0.2, 0) is 14.8 Å². The fourth-order valence-electron chi connectivity index (χ4n) is 3.34. The van der Waals surface area contributed by atoms with Crippen molar-refractivity contribution in [3.63, 3.8) is 0 Å². The molecule has 0 heterocycles. The number of carbonyl (C=O) groups is 1. The number of hydrogen-bond acceptors (Lipinski definition) is 3. The summed E-state index contributed by atoms with van der Waals surface area (Å²) in [5, 5.41) is 2.84. The summed E-state index contributed by atoms with van der Waals surface area (Å²) in [7, 11) is -3.49. The van der Waals surface area contributed by atoms with E-state index in [1.165, 1.54) is 25.7 Å². The average molecular weight is 381 g/mol. The molecule has 0 atom stereocenters. The van der Waals surface area contributed by atoms with Crippen molar-refractivity contribution in [2.75, 3.05) is 5.32 Å². The third-order valence-corrected chi connectivity index (χ3v) is 6.42. The summed E-state index contributed by atoms with van der Waals surface area (Å²) in [6, 6.07) is 6.47. The number of anilines is 1. The molecule has 0 aromatic heterocycles. The van der Waals surface area contributed by atoms with Gasteiger partial charge in [-0.3, -0.25) is 4.79 Å². The van der Waals surface area contributed by atoms with E-state index in [1.54, 1.807) is 24.3 Å². The van der Waals surface area contributed by atoms with Crippen molar-refractivity contribution in [1.29, 1.82) is 0 Å². The number of hydrogen-bond donors (Lipinski definition) is 2. The van der Waals surface area contributed by atoms with Gasteiger partial charge >= 0.3 is 0 Å². The molecule has 1 aliphatic rings. The topological polar surface area (TPSA) is 75.3 Å². The van der Waals surface area contributed by atoms with Crippen molar-refractivity contribution >= 4 is 21.6 Å². The van der Waals surface area contributed by atoms with E-state index in [9.17, 15) is 13.2 Å². The lowest BCUT2D eigenvalue weighted by Gasteiger charge is -2.22. The van der Waals surface area contributed by atoms with Gasteiger partial charge in [0, 0.05) is 18.2 Å². The first kappa shape index (κ1) is 20.9. The zero-order valence-electron chi connectivity index (χ0n) is 15.8. The van der Waals surface area contributed by atoms with E-state index in [4.69, 9.17) is 0 Å². The number of sulfonamides is 1. The molecule has 0 bridgehead atoms. The summed E-state index contributed by atoms with van der Waals surface area (Å²) in [6.45, 7) is 2.17. The molecule has 0 saturated heterocycles. The van der Waals surface area contributed by atoms with Gasteiger partial charge in [0.25, 0.3) is 0 Å². The van der Waals surface area contributed by atoms with Crippen LogP contribution in [0.25, 0.3) is 0 Å². The largest absolute Gasteiger partial charge is 0.326 e. The van der Waals surface area contributed by atoms with Crippen molar-refractivity contribution in [3.05, 3.63) is 24.3 Å². The Kier molecular flexibility index (Phi) is 8.59. The van der Waals surface area contributed by atoms with E-state index in [0.29, 0.717) is 12.1 Å². The summed E-state index contributed by atoms with van der Waals surface area (Å²) < 4.78 is 27.7. The van der Waals surface area contributed by atoms with Crippen LogP contribution in [0.3, 0.4) is 0 Å². The van der Waals surface area contributed by atoms with Gasteiger partial charge in [-0.2, -0.15) is 0 Å². The third kappa shape index (κ3) is 7.08. The Bertz CT molecular complexity index is 650. The number of unbranched alkanes of at least 4 members (excludes halogenated alkanes) is 4. The molecule has 1 amide bonds. The first-order valence-corrected chi connectivity index (χ1v) is 11.4. The average Bonchev–Trinajstić information content (AvgIpc) is 2.62. The Hall–Kier alpha value is -1.40. The van der Waals surface area contributed by atoms with Crippen LogP contribution in [0.2, 0.25) is 0 Å².